The summed E-state index contributed by atoms with van der Waals surface area (Å²) in [5, 5.41) is 18.8. The van der Waals surface area contributed by atoms with Gasteiger partial charge in [0.15, 0.2) is 0 Å². The molecule has 0 N–H and O–H groups in total. The third kappa shape index (κ3) is 26.4. The van der Waals surface area contributed by atoms with Crippen LogP contribution in [0.5, 0.6) is 0 Å². The number of carbonyl (C=O) groups excluding carboxylic acids is 2. The first-order valence-corrected chi connectivity index (χ1v) is 8.44. The molecule has 0 saturated carbocycles. The van der Waals surface area contributed by atoms with Gasteiger partial charge in [0.25, 0.3) is 0 Å². The van der Waals surface area contributed by atoms with E-state index in [2.05, 4.69) is 9.88 Å². The molecule has 0 spiro atoms. The molecule has 0 heterocycles. The zero-order chi connectivity index (χ0) is 9.28. The van der Waals surface area contributed by atoms with Crippen molar-refractivity contribution in [2.45, 2.75) is 9.88 Å². The molecule has 0 unspecified atom stereocenters. The Morgan fingerprint density at radius 1 is 1.09 bits per heavy atom. The zero-order valence-electron chi connectivity index (χ0n) is 6.29. The van der Waals surface area contributed by atoms with Gasteiger partial charge in [0.05, 0.1) is 11.9 Å². The molecule has 0 aliphatic carbocycles. The summed E-state index contributed by atoms with van der Waals surface area (Å²) >= 11 is 0.230. The molecule has 0 bridgehead atoms. The molecule has 0 aliphatic heterocycles. The van der Waals surface area contributed by atoms with Gasteiger partial charge in [-0.15, -0.1) is 0 Å². The summed E-state index contributed by atoms with van der Waals surface area (Å²) in [7, 11) is 0. The van der Waals surface area contributed by atoms with Crippen molar-refractivity contribution in [3.63, 3.8) is 0 Å². The van der Waals surface area contributed by atoms with Crippen molar-refractivity contribution in [3.05, 3.63) is 12.2 Å². The Morgan fingerprint density at radius 3 is 1.36 bits per heavy atom. The van der Waals surface area contributed by atoms with Crippen LogP contribution in [-0.4, -0.2) is 33.1 Å². The molecule has 4 nitrogen and oxygen atoms in total. The van der Waals surface area contributed by atoms with E-state index in [0.29, 0.717) is 12.2 Å². The summed E-state index contributed by atoms with van der Waals surface area (Å²) in [6.07, 6.45) is 0.769. The van der Waals surface area contributed by atoms with E-state index in [1.165, 1.54) is 0 Å². The molecule has 5 heteroatoms. The fraction of sp³-hybridized carbons (Fsp3) is 0.333. The third-order valence-corrected chi connectivity index (χ3v) is 0.355. The summed E-state index contributed by atoms with van der Waals surface area (Å²) in [5.74, 6) is -3.09. The van der Waals surface area contributed by atoms with Crippen molar-refractivity contribution >= 4 is 33.1 Å². The number of rotatable bonds is 2. The number of hydrogen-bond acceptors (Lipinski definition) is 4. The summed E-state index contributed by atoms with van der Waals surface area (Å²) in [6.45, 7) is 0. The van der Waals surface area contributed by atoms with Crippen molar-refractivity contribution in [1.82, 2.24) is 0 Å². The van der Waals surface area contributed by atoms with Gasteiger partial charge in [-0.1, -0.05) is 0 Å². The molecular formula is C6H8O4Sn. The Balaban J connectivity index is 0. The van der Waals surface area contributed by atoms with Crippen LogP contribution in [0.1, 0.15) is 0 Å². The van der Waals surface area contributed by atoms with Gasteiger partial charge in [0, 0.05) is 0 Å². The molecule has 0 rings (SSSR count). The topological polar surface area (TPSA) is 80.3 Å². The second-order valence-electron chi connectivity index (χ2n) is 1.47. The summed E-state index contributed by atoms with van der Waals surface area (Å²) in [5.41, 5.74) is 0. The van der Waals surface area contributed by atoms with Gasteiger partial charge in [-0.05, 0) is 12.2 Å². The van der Waals surface area contributed by atoms with Crippen molar-refractivity contribution in [2.24, 2.45) is 0 Å². The van der Waals surface area contributed by atoms with E-state index in [-0.39, 0.29) is 21.1 Å². The normalized spacial score (nSPS) is 7.82. The molecule has 11 heavy (non-hydrogen) atoms. The first-order valence-electron chi connectivity index (χ1n) is 2.73. The van der Waals surface area contributed by atoms with Crippen molar-refractivity contribution in [1.29, 1.82) is 0 Å². The second kappa shape index (κ2) is 9.48. The molecule has 0 aromatic heterocycles. The molecule has 0 aromatic rings. The van der Waals surface area contributed by atoms with Crippen LogP contribution in [0.3, 0.4) is 0 Å². The number of carbonyl (C=O) groups is 2. The average molecular weight is 263 g/mol. The fourth-order valence-electron chi connectivity index (χ4n) is 0.136. The molecule has 0 amide bonds. The van der Waals surface area contributed by atoms with Crippen LogP contribution in [0.15, 0.2) is 12.2 Å². The van der Waals surface area contributed by atoms with Crippen molar-refractivity contribution in [3.8, 4) is 0 Å². The van der Waals surface area contributed by atoms with Gasteiger partial charge in [0.2, 0.25) is 0 Å². The van der Waals surface area contributed by atoms with E-state index >= 15 is 0 Å². The van der Waals surface area contributed by atoms with Crippen LogP contribution in [0.2, 0.25) is 9.88 Å². The zero-order valence-corrected chi connectivity index (χ0v) is 9.14. The van der Waals surface area contributed by atoms with Crippen molar-refractivity contribution in [2.75, 3.05) is 0 Å². The van der Waals surface area contributed by atoms with Gasteiger partial charge in [0.1, 0.15) is 0 Å². The van der Waals surface area contributed by atoms with E-state index in [1.54, 1.807) is 0 Å². The molecule has 0 aliphatic rings. The monoisotopic (exact) mass is 264 g/mol. The van der Waals surface area contributed by atoms with E-state index in [4.69, 9.17) is 0 Å². The summed E-state index contributed by atoms with van der Waals surface area (Å²) in [6, 6.07) is 0. The molecule has 0 radical (unpaired) electrons. The Hall–Kier alpha value is -0.521. The Kier molecular flexibility index (Phi) is 11.3. The van der Waals surface area contributed by atoms with Crippen LogP contribution in [0.25, 0.3) is 0 Å². The molecular weight excluding hydrogens is 255 g/mol. The Bertz CT molecular complexity index is 137. The number of aliphatic carboxylic acids is 2. The van der Waals surface area contributed by atoms with Crippen molar-refractivity contribution < 1.29 is 19.8 Å². The van der Waals surface area contributed by atoms with Gasteiger partial charge < -0.3 is 19.8 Å². The fourth-order valence-corrected chi connectivity index (χ4v) is 0.136. The summed E-state index contributed by atoms with van der Waals surface area (Å²) < 4.78 is 0. The quantitative estimate of drug-likeness (QED) is 0.419. The Labute approximate surface area is 75.1 Å². The van der Waals surface area contributed by atoms with Crippen LogP contribution >= 0.6 is 0 Å². The number of hydrogen-bond donors (Lipinski definition) is 0. The first-order chi connectivity index (χ1) is 5.04. The van der Waals surface area contributed by atoms with E-state index in [9.17, 15) is 19.8 Å². The van der Waals surface area contributed by atoms with E-state index in [0.717, 1.165) is 0 Å². The van der Waals surface area contributed by atoms with Gasteiger partial charge in [-0.2, -0.15) is 0 Å². The van der Waals surface area contributed by atoms with E-state index < -0.39 is 11.9 Å². The standard InChI is InChI=1S/C4H4O4.2CH3.Sn/c5-3(6)1-2-4(7)8;;;/h1-2H,(H,5,6)(H,7,8);2*1H3;/q;;;+2/p-2/b2-1-;;;. The predicted octanol–water partition coefficient (Wildman–Crippen LogP) is -2.17. The van der Waals surface area contributed by atoms with Gasteiger partial charge in [-0.3, -0.25) is 0 Å². The van der Waals surface area contributed by atoms with Gasteiger partial charge >= 0.3 is 31.0 Å². The maximum absolute atomic E-state index is 9.41. The van der Waals surface area contributed by atoms with Crippen LogP contribution in [-0.2, 0) is 9.59 Å². The first kappa shape index (κ1) is 13.1. The SMILES string of the molecule is O=C([O-])/C=C\C(=O)[O-].[CH3][Sn+2][CH3]. The van der Waals surface area contributed by atoms with Gasteiger partial charge in [-0.25, -0.2) is 0 Å². The van der Waals surface area contributed by atoms with Crippen LogP contribution in [0.4, 0.5) is 0 Å². The predicted molar refractivity (Wildman–Crippen MR) is 36.6 cm³/mol. The van der Waals surface area contributed by atoms with Crippen LogP contribution < -0.4 is 10.2 Å². The summed E-state index contributed by atoms with van der Waals surface area (Å²) in [4.78, 5) is 23.4. The minimum absolute atomic E-state index is 0.230. The molecule has 0 saturated heterocycles. The third-order valence-electron chi connectivity index (χ3n) is 0.355. The van der Waals surface area contributed by atoms with Crippen LogP contribution in [0, 0.1) is 0 Å². The second-order valence-corrected chi connectivity index (χ2v) is 4.33. The van der Waals surface area contributed by atoms with E-state index in [1.807, 2.05) is 0 Å². The Morgan fingerprint density at radius 2 is 1.27 bits per heavy atom. The number of carboxylic acid groups (broad SMARTS) is 2. The number of carboxylic acids is 2. The average Bonchev–Trinajstić information content (AvgIpc) is 1.85. The molecule has 0 aromatic carbocycles. The molecule has 0 fully saturated rings. The molecule has 60 valence electrons. The maximum atomic E-state index is 9.41. The molecule has 0 atom stereocenters. The minimum atomic E-state index is -1.55.